The van der Waals surface area contributed by atoms with Gasteiger partial charge in [0.2, 0.25) is 100 Å². The van der Waals surface area contributed by atoms with Gasteiger partial charge in [0.1, 0.15) is 90.3 Å². The number of phenolic OH excluding ortho intramolecular Hbond substituents is 1. The number of likely N-dealkylation sites (N-methyl/N-ethyl adjacent to an activating group) is 4. The fourth-order valence-electron chi connectivity index (χ4n) is 16.9. The molecule has 3 aromatic carbocycles. The molecule has 18 atom stereocenters. The zero-order valence-corrected chi connectivity index (χ0v) is 83.3. The molecule has 776 valence electrons. The number of nitrogens with zero attached hydrogens (tertiary/aromatic N) is 6. The molecule has 2 unspecified atom stereocenters. The van der Waals surface area contributed by atoms with Gasteiger partial charge in [-0.05, 0) is 112 Å². The summed E-state index contributed by atoms with van der Waals surface area (Å²) in [5.74, 6) is -19.5. The number of phenols is 1. The number of amides is 17. The van der Waals surface area contributed by atoms with Crippen LogP contribution in [0.4, 0.5) is 0 Å². The largest absolute Gasteiger partial charge is 0.508 e. The number of unbranched alkanes of at least 4 members (excludes halogenated alkanes) is 6. The van der Waals surface area contributed by atoms with Crippen molar-refractivity contribution in [3.05, 3.63) is 131 Å². The van der Waals surface area contributed by atoms with Crippen molar-refractivity contribution in [1.29, 1.82) is 0 Å². The topological polar surface area (TPSA) is 609 Å². The van der Waals surface area contributed by atoms with E-state index in [2.05, 4.69) is 86.0 Å². The molecule has 3 aliphatic heterocycles. The fourth-order valence-corrected chi connectivity index (χ4v) is 17.7. The quantitative estimate of drug-likeness (QED) is 0.0292. The molecular formula is C98H140N20O23S. The van der Waals surface area contributed by atoms with Gasteiger partial charge >= 0.3 is 5.97 Å². The normalized spacial score (nSPS) is 25.6. The van der Waals surface area contributed by atoms with Crippen LogP contribution >= 0.6 is 11.8 Å². The second-order valence-corrected chi connectivity index (χ2v) is 38.1. The molecule has 4 aromatic rings. The molecule has 142 heavy (non-hydrogen) atoms. The van der Waals surface area contributed by atoms with E-state index in [4.69, 9.17) is 0 Å². The summed E-state index contributed by atoms with van der Waals surface area (Å²) in [6.07, 6.45) is 7.34. The number of aromatic amines is 1. The highest BCUT2D eigenvalue weighted by molar-refractivity contribution is 8.00. The van der Waals surface area contributed by atoms with Crippen LogP contribution in [0, 0.1) is 5.92 Å². The van der Waals surface area contributed by atoms with E-state index in [1.165, 1.54) is 86.4 Å². The van der Waals surface area contributed by atoms with Crippen LogP contribution in [0.25, 0.3) is 6.08 Å². The number of carbonyl (C=O) groups is 18. The minimum Gasteiger partial charge on any atom is -0.508 e. The Morgan fingerprint density at radius 2 is 1.11 bits per heavy atom. The lowest BCUT2D eigenvalue weighted by molar-refractivity contribution is -0.150. The number of hydrogen-bond acceptors (Lipinski definition) is 25. The average molecular weight is 2000 g/mol. The summed E-state index contributed by atoms with van der Waals surface area (Å²) in [5, 5.41) is 88.9. The number of hydrogen-bond donors (Lipinski definition) is 19. The minimum atomic E-state index is -1.98. The van der Waals surface area contributed by atoms with E-state index < -0.39 is 241 Å². The molecule has 0 radical (unpaired) electrons. The maximum Gasteiger partial charge on any atom is 0.305 e. The lowest BCUT2D eigenvalue weighted by atomic mass is 9.96. The summed E-state index contributed by atoms with van der Waals surface area (Å²) < 4.78 is 0. The Morgan fingerprint density at radius 3 is 1.73 bits per heavy atom. The van der Waals surface area contributed by atoms with Crippen molar-refractivity contribution in [2.75, 3.05) is 72.4 Å². The smallest absolute Gasteiger partial charge is 0.305 e. The number of rotatable bonds is 27. The average Bonchev–Trinajstić information content (AvgIpc) is 1.45. The number of carboxylic acid groups (broad SMARTS) is 1. The number of aliphatic carboxylic acids is 1. The maximum atomic E-state index is 15.6. The highest BCUT2D eigenvalue weighted by Crippen LogP contribution is 2.27. The predicted molar refractivity (Wildman–Crippen MR) is 525 cm³/mol. The molecule has 19 N–H and O–H groups in total. The number of aliphatic hydroxyl groups excluding tert-OH is 3. The van der Waals surface area contributed by atoms with E-state index >= 15 is 19.2 Å². The van der Waals surface area contributed by atoms with Crippen LogP contribution in [0.1, 0.15) is 166 Å². The maximum absolute atomic E-state index is 15.6. The highest BCUT2D eigenvalue weighted by atomic mass is 32.2. The zero-order valence-electron chi connectivity index (χ0n) is 82.5. The van der Waals surface area contributed by atoms with Gasteiger partial charge in [0, 0.05) is 110 Å². The number of allylic oxidation sites excluding steroid dienone is 1. The molecule has 2 saturated heterocycles. The highest BCUT2D eigenvalue weighted by Gasteiger charge is 2.46. The van der Waals surface area contributed by atoms with Crippen molar-refractivity contribution in [3.8, 4) is 5.75 Å². The number of thioether (sulfide) groups is 1. The monoisotopic (exact) mass is 2000 g/mol. The van der Waals surface area contributed by atoms with Gasteiger partial charge in [-0.15, -0.1) is 11.8 Å². The second kappa shape index (κ2) is 55.7. The third kappa shape index (κ3) is 34.2. The van der Waals surface area contributed by atoms with Crippen LogP contribution < -0.4 is 69.1 Å². The molecule has 0 bridgehead atoms. The van der Waals surface area contributed by atoms with Gasteiger partial charge in [-0.3, -0.25) is 91.3 Å². The Labute approximate surface area is 830 Å². The van der Waals surface area contributed by atoms with Crippen molar-refractivity contribution in [1.82, 2.24) is 98.6 Å². The van der Waals surface area contributed by atoms with Crippen LogP contribution in [-0.2, 0) is 118 Å². The van der Waals surface area contributed by atoms with E-state index in [0.29, 0.717) is 41.5 Å². The summed E-state index contributed by atoms with van der Waals surface area (Å²) >= 11 is 0.812. The number of aliphatic hydroxyl groups is 3. The standard InChI is InChI=1S/C98H140N20O23S/c1-13-14-15-16-17-18-25-34-78(123)100-39-40-101-87(130)74-52-142-53-80(125)106-71(44-64-48-102-69-33-27-26-32-68(64)69)90(133)113-84(60(8)120)97(140)114(9)51-79(124)107-73(47-81(126)127)95(138)117(12)77(43-62-30-23-20-24-31-62)96(139)116(11)75(42-61-28-21-19-22-29-61)91(134)105-57(5)94(137)115(10)58(6)86(129)108-72(45-65-49-99-54-103-65)88(131)109-70(41-63-35-37-66(121)38-36-63)89(132)112-83(59(7)119)93(136)111-82(55(2)3)98(141)118-50-67(122)46-76(118)92(135)104-56(4)85(128)110-74/h19-24,27-31,33,35-38,48,54-60,65,67,70-77,82-84,102,119-122H,13-18,25-26,32,34,39-47,49-53H2,1-12H3,(H,99,103)(H,100,123)(H,101,130)(H,104,135)(H,105,134)(H,106,125)(H,107,124)(H,108,129)(H,109,131)(H,110,128)(H,111,136)(H,112,132)(H,113,133)(H,126,127)/t56-,57-,58-,59+,60+,65?,67+,70-,71-,72?,73-,74-,75-,76-,77-,82-,83-,84-/m0/s1. The molecule has 0 spiro atoms. The second-order valence-electron chi connectivity index (χ2n) is 37.0. The first kappa shape index (κ1) is 114. The number of aromatic hydroxyl groups is 1. The predicted octanol–water partition coefficient (Wildman–Crippen LogP) is -1.84. The molecule has 44 heteroatoms. The molecule has 4 heterocycles. The van der Waals surface area contributed by atoms with Gasteiger partial charge in [0.25, 0.3) is 0 Å². The number of nitrogens with one attached hydrogen (secondary N) is 14. The van der Waals surface area contributed by atoms with Gasteiger partial charge in [-0.25, -0.2) is 0 Å². The van der Waals surface area contributed by atoms with E-state index in [-0.39, 0.29) is 82.0 Å². The molecule has 1 aliphatic carbocycles. The van der Waals surface area contributed by atoms with Gasteiger partial charge in [0.15, 0.2) is 0 Å². The van der Waals surface area contributed by atoms with Crippen LogP contribution in [0.15, 0.2) is 102 Å². The van der Waals surface area contributed by atoms with Crippen LogP contribution in [0.5, 0.6) is 5.75 Å². The van der Waals surface area contributed by atoms with E-state index in [0.717, 1.165) is 107 Å². The first-order valence-electron chi connectivity index (χ1n) is 48.2. The lowest BCUT2D eigenvalue weighted by Gasteiger charge is -2.36. The SMILES string of the molecule is CCCCCCCCCC(=O)NCCNC(=O)[C@@H]1CSCC(=O)N[C@@H](Cc2c[nH]c3c2CCC=C3)C(=O)N[C@@H]([C@@H](C)O)C(=O)N(C)CC(=O)N[C@@H](CC(=O)O)C(=O)N(C)[C@@H](Cc2ccccc2)C(=O)N(C)[C@@H](Cc2ccccc2)C(=O)N[C@@H](C)C(=O)N(C)[C@@H](C)C(=O)NC(CC2CN=CN2)C(=O)N[C@@H](Cc2ccc(O)cc2)C(=O)N[C@@H]([C@@H](C)O)C(=O)N[C@@H](C(C)C)C(=O)N2C[C@H](O)C[C@H]2C(=O)N[C@@H](C)C(=O)N1. The number of fused-ring (bicyclic) bond motifs is 2. The third-order valence-corrected chi connectivity index (χ3v) is 26.4. The Hall–Kier alpha value is -13.4. The number of H-pyrrole nitrogens is 1. The first-order chi connectivity index (χ1) is 67.4. The van der Waals surface area contributed by atoms with Crippen molar-refractivity contribution in [2.24, 2.45) is 10.9 Å². The number of aliphatic imine (C=N–C) groups is 1. The number of benzene rings is 3. The third-order valence-electron chi connectivity index (χ3n) is 25.4. The van der Waals surface area contributed by atoms with Gasteiger partial charge < -0.3 is 124 Å². The first-order valence-corrected chi connectivity index (χ1v) is 49.3. The van der Waals surface area contributed by atoms with E-state index in [1.54, 1.807) is 66.9 Å². The van der Waals surface area contributed by atoms with E-state index in [1.807, 2.05) is 12.2 Å². The number of aromatic nitrogens is 1. The summed E-state index contributed by atoms with van der Waals surface area (Å²) in [7, 11) is 4.81. The molecule has 4 aliphatic rings. The van der Waals surface area contributed by atoms with Crippen molar-refractivity contribution < 1.29 is 112 Å². The summed E-state index contributed by atoms with van der Waals surface area (Å²) in [6, 6.07) is -1.21. The molecule has 2 fully saturated rings. The van der Waals surface area contributed by atoms with E-state index in [9.17, 15) is 92.7 Å². The molecular weight excluding hydrogens is 1860 g/mol. The summed E-state index contributed by atoms with van der Waals surface area (Å²) in [4.78, 5) is 274. The summed E-state index contributed by atoms with van der Waals surface area (Å²) in [5.41, 5.74) is 3.41. The summed E-state index contributed by atoms with van der Waals surface area (Å²) in [6.45, 7) is 9.89. The fraction of sp³-hybridized carbons (Fsp3) is 0.561. The van der Waals surface area contributed by atoms with Crippen molar-refractivity contribution in [3.63, 3.8) is 0 Å². The Morgan fingerprint density at radius 1 is 0.542 bits per heavy atom. The van der Waals surface area contributed by atoms with Gasteiger partial charge in [-0.2, -0.15) is 0 Å². The van der Waals surface area contributed by atoms with Gasteiger partial charge in [-0.1, -0.05) is 138 Å². The van der Waals surface area contributed by atoms with Crippen molar-refractivity contribution in [2.45, 2.75) is 273 Å². The number of carboxylic acids is 1. The minimum absolute atomic E-state index is 0.0322. The van der Waals surface area contributed by atoms with Crippen LogP contribution in [-0.4, -0.2) is 349 Å². The van der Waals surface area contributed by atoms with Crippen LogP contribution in [0.2, 0.25) is 0 Å². The lowest BCUT2D eigenvalue weighted by Crippen LogP contribution is -2.63. The number of carbonyl (C=O) groups excluding carboxylic acids is 17. The molecule has 1 aromatic heterocycles. The Kier molecular flexibility index (Phi) is 44.7. The van der Waals surface area contributed by atoms with Crippen LogP contribution in [0.3, 0.4) is 0 Å². The molecule has 43 nitrogen and oxygen atoms in total. The molecule has 17 amide bonds. The molecule has 8 rings (SSSR count). The zero-order chi connectivity index (χ0) is 104. The Bertz CT molecular complexity index is 5100. The van der Waals surface area contributed by atoms with Gasteiger partial charge in [0.05, 0.1) is 49.9 Å². The Balaban J connectivity index is 1.14. The van der Waals surface area contributed by atoms with Crippen molar-refractivity contribution >= 4 is 131 Å². The molecule has 0 saturated carbocycles.